The molecule has 4 fully saturated rings. The van der Waals surface area contributed by atoms with Crippen LogP contribution in [0.2, 0.25) is 0 Å². The minimum absolute atomic E-state index is 0.0888. The number of halogens is 1. The Labute approximate surface area is 224 Å². The number of carbonyl (C=O) groups is 2. The number of esters is 1. The Balaban J connectivity index is 1.27. The minimum atomic E-state index is -0.416. The molecule has 1 amide bonds. The second-order valence-electron chi connectivity index (χ2n) is 11.2. The Hall–Kier alpha value is -3.01. The molecule has 0 aliphatic heterocycles. The highest BCUT2D eigenvalue weighted by Crippen LogP contribution is 2.64. The van der Waals surface area contributed by atoms with Crippen LogP contribution in [-0.4, -0.2) is 43.5 Å². The van der Waals surface area contributed by atoms with E-state index in [1.165, 1.54) is 13.5 Å². The Bertz CT molecular complexity index is 1380. The monoisotopic (exact) mass is 566 g/mol. The van der Waals surface area contributed by atoms with E-state index < -0.39 is 5.41 Å². The van der Waals surface area contributed by atoms with Gasteiger partial charge < -0.3 is 10.1 Å². The summed E-state index contributed by atoms with van der Waals surface area (Å²) >= 11 is 3.40. The van der Waals surface area contributed by atoms with Gasteiger partial charge in [0.1, 0.15) is 6.33 Å². The van der Waals surface area contributed by atoms with Crippen LogP contribution in [0.3, 0.4) is 0 Å². The maximum Gasteiger partial charge on any atom is 0.338 e. The summed E-state index contributed by atoms with van der Waals surface area (Å²) in [7, 11) is 1.38. The van der Waals surface area contributed by atoms with E-state index in [0.717, 1.165) is 54.7 Å². The molecule has 10 heteroatoms. The van der Waals surface area contributed by atoms with E-state index in [9.17, 15) is 9.59 Å². The number of rotatable bonds is 6. The minimum Gasteiger partial charge on any atom is -0.465 e. The van der Waals surface area contributed by atoms with Gasteiger partial charge in [0.05, 0.1) is 47.2 Å². The first-order valence-electron chi connectivity index (χ1n) is 12.8. The number of hydrogen-bond donors (Lipinski definition) is 1. The lowest BCUT2D eigenvalue weighted by Crippen LogP contribution is -2.60. The fourth-order valence-corrected chi connectivity index (χ4v) is 7.89. The SMILES string of the molecule is COC(=O)c1ccccc1Cn1nc(C)c(NC(=O)C23CC4CC(C2)CC(n2cnc(Br)n2)(C4)C3)c1C. The zero-order valence-electron chi connectivity index (χ0n) is 21.3. The number of benzene rings is 1. The van der Waals surface area contributed by atoms with Crippen molar-refractivity contribution in [3.05, 3.63) is 57.8 Å². The number of aromatic nitrogens is 5. The van der Waals surface area contributed by atoms with E-state index in [-0.39, 0.29) is 17.4 Å². The van der Waals surface area contributed by atoms with Crippen LogP contribution >= 0.6 is 15.9 Å². The molecule has 37 heavy (non-hydrogen) atoms. The van der Waals surface area contributed by atoms with Crippen LogP contribution < -0.4 is 5.32 Å². The van der Waals surface area contributed by atoms with Gasteiger partial charge in [-0.25, -0.2) is 14.5 Å². The second-order valence-corrected chi connectivity index (χ2v) is 11.9. The molecule has 7 rings (SSSR count). The summed E-state index contributed by atoms with van der Waals surface area (Å²) in [4.78, 5) is 30.6. The number of anilines is 1. The fraction of sp³-hybridized carbons (Fsp3) is 0.519. The average Bonchev–Trinajstić information content (AvgIpc) is 3.42. The first kappa shape index (κ1) is 24.3. The van der Waals surface area contributed by atoms with Gasteiger partial charge in [0.15, 0.2) is 0 Å². The number of ether oxygens (including phenoxy) is 1. The van der Waals surface area contributed by atoms with Crippen molar-refractivity contribution in [1.29, 1.82) is 0 Å². The molecule has 1 aromatic carbocycles. The van der Waals surface area contributed by atoms with Crippen molar-refractivity contribution in [2.24, 2.45) is 17.3 Å². The van der Waals surface area contributed by atoms with Gasteiger partial charge in [0.2, 0.25) is 10.6 Å². The van der Waals surface area contributed by atoms with Crippen LogP contribution in [-0.2, 0) is 21.6 Å². The van der Waals surface area contributed by atoms with E-state index in [0.29, 0.717) is 28.7 Å². The maximum absolute atomic E-state index is 14.0. The zero-order valence-corrected chi connectivity index (χ0v) is 22.9. The van der Waals surface area contributed by atoms with Crippen molar-refractivity contribution in [3.8, 4) is 0 Å². The molecule has 0 radical (unpaired) electrons. The maximum atomic E-state index is 14.0. The number of carbonyl (C=O) groups excluding carboxylic acids is 2. The summed E-state index contributed by atoms with van der Waals surface area (Å²) in [6.07, 6.45) is 7.76. The molecule has 4 aliphatic rings. The molecule has 4 aliphatic carbocycles. The number of nitrogens with zero attached hydrogens (tertiary/aromatic N) is 5. The van der Waals surface area contributed by atoms with Gasteiger partial charge in [-0.2, -0.15) is 5.10 Å². The third-order valence-electron chi connectivity index (χ3n) is 8.82. The molecular weight excluding hydrogens is 536 g/mol. The number of hydrogen-bond acceptors (Lipinski definition) is 6. The lowest BCUT2D eigenvalue weighted by atomic mass is 9.46. The molecule has 2 heterocycles. The molecule has 0 saturated heterocycles. The lowest BCUT2D eigenvalue weighted by Gasteiger charge is -2.60. The molecule has 0 spiro atoms. The highest BCUT2D eigenvalue weighted by atomic mass is 79.9. The van der Waals surface area contributed by atoms with Gasteiger partial charge >= 0.3 is 5.97 Å². The summed E-state index contributed by atoms with van der Waals surface area (Å²) in [5.41, 5.74) is 3.16. The normalized spacial score (nSPS) is 27.9. The highest BCUT2D eigenvalue weighted by molar-refractivity contribution is 9.10. The van der Waals surface area contributed by atoms with E-state index in [1.807, 2.05) is 47.7 Å². The van der Waals surface area contributed by atoms with Crippen molar-refractivity contribution in [2.75, 3.05) is 12.4 Å². The molecule has 2 atom stereocenters. The molecular formula is C27H31BrN6O3. The summed E-state index contributed by atoms with van der Waals surface area (Å²) in [5, 5.41) is 12.6. The summed E-state index contributed by atoms with van der Waals surface area (Å²) in [6.45, 7) is 4.29. The van der Waals surface area contributed by atoms with Crippen molar-refractivity contribution >= 4 is 33.5 Å². The van der Waals surface area contributed by atoms with Crippen LogP contribution in [0, 0.1) is 31.1 Å². The van der Waals surface area contributed by atoms with Gasteiger partial charge in [-0.3, -0.25) is 9.48 Å². The molecule has 1 N–H and O–H groups in total. The fourth-order valence-electron chi connectivity index (χ4n) is 7.63. The number of methoxy groups -OCH3 is 1. The van der Waals surface area contributed by atoms with Crippen LogP contribution in [0.1, 0.15) is 65.8 Å². The average molecular weight is 567 g/mol. The molecule has 2 unspecified atom stereocenters. The summed E-state index contributed by atoms with van der Waals surface area (Å²) in [5.74, 6) is 0.760. The van der Waals surface area contributed by atoms with E-state index in [4.69, 9.17) is 9.84 Å². The number of amides is 1. The molecule has 194 valence electrons. The van der Waals surface area contributed by atoms with Gasteiger partial charge in [-0.15, -0.1) is 5.10 Å². The summed E-state index contributed by atoms with van der Waals surface area (Å²) < 4.78 is 9.40. The highest BCUT2D eigenvalue weighted by Gasteiger charge is 2.61. The van der Waals surface area contributed by atoms with Crippen molar-refractivity contribution in [2.45, 2.75) is 64.5 Å². The van der Waals surface area contributed by atoms with Crippen molar-refractivity contribution in [1.82, 2.24) is 24.5 Å². The molecule has 4 saturated carbocycles. The Morgan fingerprint density at radius 3 is 2.54 bits per heavy atom. The number of aryl methyl sites for hydroxylation is 1. The summed E-state index contributed by atoms with van der Waals surface area (Å²) in [6, 6.07) is 7.37. The van der Waals surface area contributed by atoms with Crippen LogP contribution in [0.5, 0.6) is 0 Å². The number of nitrogens with one attached hydrogen (secondary N) is 1. The van der Waals surface area contributed by atoms with Crippen LogP contribution in [0.15, 0.2) is 35.3 Å². The molecule has 9 nitrogen and oxygen atoms in total. The van der Waals surface area contributed by atoms with Crippen molar-refractivity contribution in [3.63, 3.8) is 0 Å². The third kappa shape index (κ3) is 4.00. The first-order chi connectivity index (χ1) is 17.7. The van der Waals surface area contributed by atoms with Gasteiger partial charge in [0.25, 0.3) is 0 Å². The molecule has 3 aromatic rings. The zero-order chi connectivity index (χ0) is 25.9. The van der Waals surface area contributed by atoms with Crippen LogP contribution in [0.4, 0.5) is 5.69 Å². The van der Waals surface area contributed by atoms with Crippen molar-refractivity contribution < 1.29 is 14.3 Å². The van der Waals surface area contributed by atoms with Gasteiger partial charge in [0, 0.05) is 0 Å². The predicted molar refractivity (Wildman–Crippen MR) is 140 cm³/mol. The van der Waals surface area contributed by atoms with E-state index in [2.05, 4.69) is 31.3 Å². The Morgan fingerprint density at radius 2 is 1.86 bits per heavy atom. The Morgan fingerprint density at radius 1 is 1.14 bits per heavy atom. The van der Waals surface area contributed by atoms with Gasteiger partial charge in [-0.1, -0.05) is 18.2 Å². The molecule has 4 bridgehead atoms. The quantitative estimate of drug-likeness (QED) is 0.436. The van der Waals surface area contributed by atoms with E-state index in [1.54, 1.807) is 6.07 Å². The largest absolute Gasteiger partial charge is 0.465 e. The lowest BCUT2D eigenvalue weighted by molar-refractivity contribution is -0.150. The predicted octanol–water partition coefficient (Wildman–Crippen LogP) is 4.62. The smallest absolute Gasteiger partial charge is 0.338 e. The standard InChI is InChI=1S/C27H31BrN6O3/c1-16-22(17(2)33(31-16)13-20-6-4-5-7-21(20)23(35)37-3)30-24(36)26-9-18-8-19(10-26)12-27(11-18,14-26)34-15-29-25(28)32-34/h4-7,15,18-19H,8-14H2,1-3H3,(H,30,36). The molecule has 2 aromatic heterocycles. The third-order valence-corrected chi connectivity index (χ3v) is 9.19. The van der Waals surface area contributed by atoms with Crippen LogP contribution in [0.25, 0.3) is 0 Å². The first-order valence-corrected chi connectivity index (χ1v) is 13.6. The Kier molecular flexibility index (Phi) is 5.78. The van der Waals surface area contributed by atoms with Gasteiger partial charge in [-0.05, 0) is 91.8 Å². The second kappa shape index (κ2) is 8.79. The van der Waals surface area contributed by atoms with E-state index >= 15 is 0 Å². The topological polar surface area (TPSA) is 104 Å².